The van der Waals surface area contributed by atoms with E-state index < -0.39 is 0 Å². The number of carbonyl (C=O) groups excluding carboxylic acids is 1. The zero-order chi connectivity index (χ0) is 17.3. The van der Waals surface area contributed by atoms with Crippen LogP contribution in [0.5, 0.6) is 0 Å². The highest BCUT2D eigenvalue weighted by molar-refractivity contribution is 6.21. The molecule has 3 nitrogen and oxygen atoms in total. The van der Waals surface area contributed by atoms with Crippen molar-refractivity contribution in [2.45, 2.75) is 108 Å². The number of halogens is 1. The molecule has 2 atom stereocenters. The Labute approximate surface area is 148 Å². The molecule has 0 saturated heterocycles. The molecule has 0 aliphatic carbocycles. The minimum Gasteiger partial charge on any atom is -0.469 e. The fourth-order valence-corrected chi connectivity index (χ4v) is 3.03. The minimum atomic E-state index is -0.359. The van der Waals surface area contributed by atoms with Crippen molar-refractivity contribution < 1.29 is 14.6 Å². The van der Waals surface area contributed by atoms with Crippen molar-refractivity contribution >= 4 is 17.6 Å². The molecule has 0 bridgehead atoms. The molecule has 23 heavy (non-hydrogen) atoms. The van der Waals surface area contributed by atoms with Gasteiger partial charge >= 0.3 is 5.97 Å². The summed E-state index contributed by atoms with van der Waals surface area (Å²) in [6, 6.07) is 0. The van der Waals surface area contributed by atoms with E-state index in [9.17, 15) is 9.90 Å². The predicted molar refractivity (Wildman–Crippen MR) is 98.0 cm³/mol. The first-order valence-corrected chi connectivity index (χ1v) is 9.94. The average molecular weight is 349 g/mol. The average Bonchev–Trinajstić information content (AvgIpc) is 2.56. The van der Waals surface area contributed by atoms with Gasteiger partial charge in [0.2, 0.25) is 0 Å². The normalized spacial score (nSPS) is 13.7. The lowest BCUT2D eigenvalue weighted by Gasteiger charge is -2.16. The first kappa shape index (κ1) is 22.7. The highest BCUT2D eigenvalue weighted by Crippen LogP contribution is 2.19. The molecular weight excluding hydrogens is 312 g/mol. The van der Waals surface area contributed by atoms with Crippen molar-refractivity contribution in [3.05, 3.63) is 0 Å². The Morgan fingerprint density at radius 1 is 0.913 bits per heavy atom. The molecular formula is C19H37ClO3. The standard InChI is InChI=1S/C19H37ClO3/c1-3-4-5-6-9-12-15-18(21)17(20)14-11-8-7-10-13-16-19(22)23-2/h17-18,21H,3-16H2,1-2H3/t17-,18+/m1/s1. The van der Waals surface area contributed by atoms with Gasteiger partial charge in [0.05, 0.1) is 18.6 Å². The van der Waals surface area contributed by atoms with E-state index in [0.29, 0.717) is 6.42 Å². The molecule has 0 unspecified atom stereocenters. The number of hydrogen-bond donors (Lipinski definition) is 1. The molecule has 0 fully saturated rings. The third kappa shape index (κ3) is 15.0. The summed E-state index contributed by atoms with van der Waals surface area (Å²) in [4.78, 5) is 11.0. The van der Waals surface area contributed by atoms with E-state index in [0.717, 1.165) is 51.4 Å². The zero-order valence-corrected chi connectivity index (χ0v) is 16.0. The van der Waals surface area contributed by atoms with Crippen molar-refractivity contribution in [2.24, 2.45) is 0 Å². The quantitative estimate of drug-likeness (QED) is 0.224. The van der Waals surface area contributed by atoms with E-state index in [2.05, 4.69) is 11.7 Å². The first-order chi connectivity index (χ1) is 11.1. The number of esters is 1. The topological polar surface area (TPSA) is 46.5 Å². The SMILES string of the molecule is CCCCCCCC[C@H](O)[C@H](Cl)CCCCCCCC(=O)OC. The van der Waals surface area contributed by atoms with Gasteiger partial charge < -0.3 is 9.84 Å². The van der Waals surface area contributed by atoms with Crippen molar-refractivity contribution in [1.82, 2.24) is 0 Å². The number of aliphatic hydroxyl groups is 1. The molecule has 0 aliphatic rings. The third-order valence-electron chi connectivity index (χ3n) is 4.36. The Morgan fingerprint density at radius 2 is 1.43 bits per heavy atom. The maximum absolute atomic E-state index is 11.0. The molecule has 0 radical (unpaired) electrons. The van der Waals surface area contributed by atoms with Gasteiger partial charge in [-0.3, -0.25) is 4.79 Å². The molecule has 0 amide bonds. The number of unbranched alkanes of at least 4 members (excludes halogenated alkanes) is 9. The molecule has 0 spiro atoms. The molecule has 1 N–H and O–H groups in total. The van der Waals surface area contributed by atoms with E-state index in [1.165, 1.54) is 39.2 Å². The van der Waals surface area contributed by atoms with Crippen LogP contribution in [0.15, 0.2) is 0 Å². The zero-order valence-electron chi connectivity index (χ0n) is 15.2. The Morgan fingerprint density at radius 3 is 2.04 bits per heavy atom. The Balaban J connectivity index is 3.40. The number of rotatable bonds is 16. The van der Waals surface area contributed by atoms with Gasteiger partial charge in [-0.05, 0) is 19.3 Å². The van der Waals surface area contributed by atoms with Crippen molar-refractivity contribution in [3.63, 3.8) is 0 Å². The highest BCUT2D eigenvalue weighted by atomic mass is 35.5. The number of carbonyl (C=O) groups is 1. The summed E-state index contributed by atoms with van der Waals surface area (Å²) >= 11 is 6.28. The Hall–Kier alpha value is -0.280. The van der Waals surface area contributed by atoms with Gasteiger partial charge in [0.15, 0.2) is 0 Å². The molecule has 0 heterocycles. The summed E-state index contributed by atoms with van der Waals surface area (Å²) in [6.45, 7) is 2.22. The van der Waals surface area contributed by atoms with Crippen LogP contribution in [-0.2, 0) is 9.53 Å². The summed E-state index contributed by atoms with van der Waals surface area (Å²) in [7, 11) is 1.43. The molecule has 0 aromatic carbocycles. The Kier molecular flexibility index (Phi) is 16.4. The van der Waals surface area contributed by atoms with Crippen LogP contribution in [0.3, 0.4) is 0 Å². The van der Waals surface area contributed by atoms with Crippen LogP contribution in [0.1, 0.15) is 96.8 Å². The maximum atomic E-state index is 11.0. The minimum absolute atomic E-state index is 0.110. The van der Waals surface area contributed by atoms with Crippen molar-refractivity contribution in [1.29, 1.82) is 0 Å². The number of alkyl halides is 1. The molecule has 4 heteroatoms. The number of methoxy groups -OCH3 is 1. The van der Waals surface area contributed by atoms with Crippen LogP contribution < -0.4 is 0 Å². The van der Waals surface area contributed by atoms with E-state index >= 15 is 0 Å². The lowest BCUT2D eigenvalue weighted by Crippen LogP contribution is -2.20. The number of hydrogen-bond acceptors (Lipinski definition) is 3. The van der Waals surface area contributed by atoms with Gasteiger partial charge in [-0.15, -0.1) is 11.6 Å². The Bertz CT molecular complexity index is 271. The van der Waals surface area contributed by atoms with E-state index in [4.69, 9.17) is 11.6 Å². The second-order valence-corrected chi connectivity index (χ2v) is 7.08. The number of ether oxygens (including phenoxy) is 1. The monoisotopic (exact) mass is 348 g/mol. The summed E-state index contributed by atoms with van der Waals surface area (Å²) in [6.07, 6.45) is 14.6. The largest absolute Gasteiger partial charge is 0.469 e. The molecule has 138 valence electrons. The molecule has 0 saturated carbocycles. The van der Waals surface area contributed by atoms with E-state index in [-0.39, 0.29) is 17.5 Å². The summed E-state index contributed by atoms with van der Waals surface area (Å²) in [5, 5.41) is 9.96. The number of aliphatic hydroxyl groups excluding tert-OH is 1. The lowest BCUT2D eigenvalue weighted by molar-refractivity contribution is -0.140. The van der Waals surface area contributed by atoms with Gasteiger partial charge in [-0.2, -0.15) is 0 Å². The first-order valence-electron chi connectivity index (χ1n) is 9.50. The van der Waals surface area contributed by atoms with Crippen LogP contribution in [0.2, 0.25) is 0 Å². The molecule has 0 aromatic rings. The smallest absolute Gasteiger partial charge is 0.305 e. The fraction of sp³-hybridized carbons (Fsp3) is 0.947. The van der Waals surface area contributed by atoms with Gasteiger partial charge in [0, 0.05) is 6.42 Å². The fourth-order valence-electron chi connectivity index (χ4n) is 2.75. The van der Waals surface area contributed by atoms with Crippen LogP contribution in [0, 0.1) is 0 Å². The summed E-state index contributed by atoms with van der Waals surface area (Å²) in [5.41, 5.74) is 0. The predicted octanol–water partition coefficient (Wildman–Crippen LogP) is 5.61. The highest BCUT2D eigenvalue weighted by Gasteiger charge is 2.15. The molecule has 0 aliphatic heterocycles. The molecule has 0 rings (SSSR count). The summed E-state index contributed by atoms with van der Waals surface area (Å²) in [5.74, 6) is -0.122. The van der Waals surface area contributed by atoms with Gasteiger partial charge in [-0.25, -0.2) is 0 Å². The second kappa shape index (κ2) is 16.6. The van der Waals surface area contributed by atoms with Gasteiger partial charge in [-0.1, -0.05) is 71.1 Å². The van der Waals surface area contributed by atoms with Gasteiger partial charge in [0.25, 0.3) is 0 Å². The van der Waals surface area contributed by atoms with Crippen LogP contribution in [-0.4, -0.2) is 29.7 Å². The van der Waals surface area contributed by atoms with Gasteiger partial charge in [0.1, 0.15) is 0 Å². The van der Waals surface area contributed by atoms with E-state index in [1.54, 1.807) is 0 Å². The maximum Gasteiger partial charge on any atom is 0.305 e. The second-order valence-electron chi connectivity index (χ2n) is 6.52. The van der Waals surface area contributed by atoms with Crippen LogP contribution in [0.4, 0.5) is 0 Å². The van der Waals surface area contributed by atoms with Crippen LogP contribution in [0.25, 0.3) is 0 Å². The third-order valence-corrected chi connectivity index (χ3v) is 4.87. The van der Waals surface area contributed by atoms with Crippen LogP contribution >= 0.6 is 11.6 Å². The lowest BCUT2D eigenvalue weighted by atomic mass is 10.0. The van der Waals surface area contributed by atoms with Crippen molar-refractivity contribution in [2.75, 3.05) is 7.11 Å². The summed E-state index contributed by atoms with van der Waals surface area (Å²) < 4.78 is 4.61. The van der Waals surface area contributed by atoms with Crippen molar-refractivity contribution in [3.8, 4) is 0 Å². The van der Waals surface area contributed by atoms with E-state index in [1.807, 2.05) is 0 Å². The molecule has 0 aromatic heterocycles.